The zero-order chi connectivity index (χ0) is 19.5. The molecule has 26 heavy (non-hydrogen) atoms. The van der Waals surface area contributed by atoms with E-state index in [1.54, 1.807) is 6.92 Å². The van der Waals surface area contributed by atoms with Gasteiger partial charge in [0.15, 0.2) is 0 Å². The summed E-state index contributed by atoms with van der Waals surface area (Å²) in [6.07, 6.45) is 1.16. The van der Waals surface area contributed by atoms with Crippen molar-refractivity contribution in [2.24, 2.45) is 0 Å². The number of hydrogen-bond acceptors (Lipinski definition) is 3. The number of nitrogens with zero attached hydrogens (tertiary/aromatic N) is 1. The molecule has 0 aromatic heterocycles. The van der Waals surface area contributed by atoms with E-state index in [4.69, 9.17) is 0 Å². The van der Waals surface area contributed by atoms with Crippen LogP contribution in [0.4, 0.5) is 15.8 Å². The van der Waals surface area contributed by atoms with Gasteiger partial charge >= 0.3 is 0 Å². The number of aryl methyl sites for hydroxylation is 2. The molecule has 0 saturated heterocycles. The van der Waals surface area contributed by atoms with Crippen LogP contribution in [0.25, 0.3) is 0 Å². The van der Waals surface area contributed by atoms with Gasteiger partial charge in [-0.15, -0.1) is 0 Å². The lowest BCUT2D eigenvalue weighted by Gasteiger charge is -2.30. The summed E-state index contributed by atoms with van der Waals surface area (Å²) in [4.78, 5) is 12.8. The van der Waals surface area contributed by atoms with E-state index in [1.165, 1.54) is 24.3 Å². The molecule has 0 fully saturated rings. The fraction of sp³-hybridized carbons (Fsp3) is 0.316. The Hall–Kier alpha value is -2.41. The van der Waals surface area contributed by atoms with E-state index in [1.807, 2.05) is 32.0 Å². The van der Waals surface area contributed by atoms with Crippen molar-refractivity contribution < 1.29 is 17.6 Å². The average molecular weight is 378 g/mol. The number of anilines is 2. The number of carbonyl (C=O) groups excluding carboxylic acids is 1. The third-order valence-corrected chi connectivity index (χ3v) is 5.24. The van der Waals surface area contributed by atoms with Gasteiger partial charge in [0, 0.05) is 5.69 Å². The van der Waals surface area contributed by atoms with Crippen LogP contribution in [0.3, 0.4) is 0 Å². The predicted molar refractivity (Wildman–Crippen MR) is 102 cm³/mol. The van der Waals surface area contributed by atoms with Crippen LogP contribution in [0.2, 0.25) is 0 Å². The lowest BCUT2D eigenvalue weighted by Crippen LogP contribution is -2.47. The number of benzene rings is 2. The van der Waals surface area contributed by atoms with Gasteiger partial charge in [0.2, 0.25) is 15.9 Å². The molecule has 0 aliphatic carbocycles. The number of amides is 1. The number of carbonyl (C=O) groups is 1. The minimum atomic E-state index is -3.87. The summed E-state index contributed by atoms with van der Waals surface area (Å²) in [7, 11) is -3.87. The van der Waals surface area contributed by atoms with Crippen LogP contribution >= 0.6 is 0 Å². The number of nitrogens with one attached hydrogen (secondary N) is 1. The van der Waals surface area contributed by atoms with Crippen LogP contribution in [0, 0.1) is 19.7 Å². The standard InChI is InChI=1S/C19H23FN2O3S/c1-5-17(19(23)21-16-12-13(2)10-11-14(16)3)22(26(4,24)25)18-9-7-6-8-15(18)20/h6-12,17H,5H2,1-4H3,(H,21,23)/t17-/m1/s1. The number of halogens is 1. The lowest BCUT2D eigenvalue weighted by molar-refractivity contribution is -0.117. The predicted octanol–water partition coefficient (Wildman–Crippen LogP) is 3.63. The van der Waals surface area contributed by atoms with Crippen molar-refractivity contribution >= 4 is 27.3 Å². The van der Waals surface area contributed by atoms with Crippen molar-refractivity contribution in [3.63, 3.8) is 0 Å². The molecule has 1 atom stereocenters. The second-order valence-electron chi connectivity index (χ2n) is 6.24. The van der Waals surface area contributed by atoms with Crippen molar-refractivity contribution in [1.82, 2.24) is 0 Å². The van der Waals surface area contributed by atoms with E-state index in [-0.39, 0.29) is 12.1 Å². The highest BCUT2D eigenvalue weighted by molar-refractivity contribution is 7.92. The van der Waals surface area contributed by atoms with Crippen LogP contribution in [0.1, 0.15) is 24.5 Å². The minimum Gasteiger partial charge on any atom is -0.324 e. The second kappa shape index (κ2) is 7.86. The highest BCUT2D eigenvalue weighted by Gasteiger charge is 2.33. The molecule has 2 rings (SSSR count). The first-order valence-corrected chi connectivity index (χ1v) is 10.1. The monoisotopic (exact) mass is 378 g/mol. The highest BCUT2D eigenvalue weighted by Crippen LogP contribution is 2.26. The van der Waals surface area contributed by atoms with Crippen molar-refractivity contribution in [2.45, 2.75) is 33.2 Å². The third-order valence-electron chi connectivity index (χ3n) is 4.07. The summed E-state index contributed by atoms with van der Waals surface area (Å²) in [6.45, 7) is 5.43. The molecule has 140 valence electrons. The maximum absolute atomic E-state index is 14.2. The molecule has 2 aromatic rings. The Balaban J connectivity index is 2.44. The van der Waals surface area contributed by atoms with Crippen molar-refractivity contribution in [2.75, 3.05) is 15.9 Å². The summed E-state index contributed by atoms with van der Waals surface area (Å²) in [5.41, 5.74) is 2.29. The number of para-hydroxylation sites is 1. The Morgan fingerprint density at radius 3 is 2.42 bits per heavy atom. The molecule has 1 amide bonds. The van der Waals surface area contributed by atoms with E-state index in [9.17, 15) is 17.6 Å². The Morgan fingerprint density at radius 2 is 1.85 bits per heavy atom. The Morgan fingerprint density at radius 1 is 1.19 bits per heavy atom. The van der Waals surface area contributed by atoms with Crippen molar-refractivity contribution in [1.29, 1.82) is 0 Å². The fourth-order valence-corrected chi connectivity index (χ4v) is 3.96. The molecule has 0 spiro atoms. The van der Waals surface area contributed by atoms with Gasteiger partial charge in [-0.25, -0.2) is 12.8 Å². The first-order valence-electron chi connectivity index (χ1n) is 8.27. The van der Waals surface area contributed by atoms with Gasteiger partial charge in [-0.05, 0) is 49.6 Å². The molecular weight excluding hydrogens is 355 g/mol. The molecule has 0 saturated carbocycles. The number of sulfonamides is 1. The van der Waals surface area contributed by atoms with E-state index >= 15 is 0 Å². The van der Waals surface area contributed by atoms with Crippen LogP contribution in [0.5, 0.6) is 0 Å². The van der Waals surface area contributed by atoms with Crippen molar-refractivity contribution in [3.05, 3.63) is 59.4 Å². The van der Waals surface area contributed by atoms with E-state index in [0.29, 0.717) is 5.69 Å². The molecule has 2 aromatic carbocycles. The maximum atomic E-state index is 14.2. The van der Waals surface area contributed by atoms with E-state index < -0.39 is 27.8 Å². The molecule has 0 aliphatic heterocycles. The summed E-state index contributed by atoms with van der Waals surface area (Å²) in [6, 6.07) is 10.1. The van der Waals surface area contributed by atoms with Crippen LogP contribution < -0.4 is 9.62 Å². The molecule has 7 heteroatoms. The topological polar surface area (TPSA) is 66.5 Å². The lowest BCUT2D eigenvalue weighted by atomic mass is 10.1. The van der Waals surface area contributed by atoms with Crippen molar-refractivity contribution in [3.8, 4) is 0 Å². The average Bonchev–Trinajstić information content (AvgIpc) is 2.55. The van der Waals surface area contributed by atoms with Gasteiger partial charge in [0.1, 0.15) is 11.9 Å². The zero-order valence-electron chi connectivity index (χ0n) is 15.3. The van der Waals surface area contributed by atoms with Gasteiger partial charge in [-0.2, -0.15) is 0 Å². The maximum Gasteiger partial charge on any atom is 0.248 e. The molecular formula is C19H23FN2O3S. The molecule has 0 aliphatic rings. The zero-order valence-corrected chi connectivity index (χ0v) is 16.1. The quantitative estimate of drug-likeness (QED) is 0.835. The first kappa shape index (κ1) is 19.9. The number of hydrogen-bond donors (Lipinski definition) is 1. The smallest absolute Gasteiger partial charge is 0.248 e. The third kappa shape index (κ3) is 4.40. The first-order chi connectivity index (χ1) is 12.1. The van der Waals surface area contributed by atoms with E-state index in [0.717, 1.165) is 21.7 Å². The summed E-state index contributed by atoms with van der Waals surface area (Å²) in [5.74, 6) is -1.20. The van der Waals surface area contributed by atoms with Gasteiger partial charge in [0.25, 0.3) is 0 Å². The molecule has 5 nitrogen and oxygen atoms in total. The number of rotatable bonds is 6. The normalized spacial score (nSPS) is 12.5. The summed E-state index contributed by atoms with van der Waals surface area (Å²) in [5, 5.41) is 2.78. The molecule has 0 radical (unpaired) electrons. The van der Waals surface area contributed by atoms with Crippen LogP contribution in [0.15, 0.2) is 42.5 Å². The molecule has 0 unspecified atom stereocenters. The Kier molecular flexibility index (Phi) is 6.02. The molecule has 0 bridgehead atoms. The van der Waals surface area contributed by atoms with Gasteiger partial charge in [-0.1, -0.05) is 31.2 Å². The highest BCUT2D eigenvalue weighted by atomic mass is 32.2. The van der Waals surface area contributed by atoms with Gasteiger partial charge in [-0.3, -0.25) is 9.10 Å². The van der Waals surface area contributed by atoms with Crippen LogP contribution in [-0.4, -0.2) is 26.6 Å². The summed E-state index contributed by atoms with van der Waals surface area (Å²) >= 11 is 0. The fourth-order valence-electron chi connectivity index (χ4n) is 2.75. The van der Waals surface area contributed by atoms with Gasteiger partial charge < -0.3 is 5.32 Å². The van der Waals surface area contributed by atoms with Crippen LogP contribution in [-0.2, 0) is 14.8 Å². The molecule has 0 heterocycles. The minimum absolute atomic E-state index is 0.141. The second-order valence-corrected chi connectivity index (χ2v) is 8.10. The Labute approximate surface area is 153 Å². The van der Waals surface area contributed by atoms with Gasteiger partial charge in [0.05, 0.1) is 11.9 Å². The largest absolute Gasteiger partial charge is 0.324 e. The summed E-state index contributed by atoms with van der Waals surface area (Å²) < 4.78 is 39.8. The SMILES string of the molecule is CC[C@H](C(=O)Nc1cc(C)ccc1C)N(c1ccccc1F)S(C)(=O)=O. The Bertz CT molecular complexity index is 913. The van der Waals surface area contributed by atoms with E-state index in [2.05, 4.69) is 5.32 Å². The molecule has 1 N–H and O–H groups in total.